The molecule has 0 radical (unpaired) electrons. The van der Waals surface area contributed by atoms with Crippen LogP contribution in [-0.4, -0.2) is 44.4 Å². The van der Waals surface area contributed by atoms with Gasteiger partial charge in [-0.15, -0.1) is 11.3 Å². The summed E-state index contributed by atoms with van der Waals surface area (Å²) in [6.07, 6.45) is 1.92. The molecule has 2 heterocycles. The molecule has 1 aliphatic heterocycles. The highest BCUT2D eigenvalue weighted by Crippen LogP contribution is 2.20. The molecule has 1 fully saturated rings. The van der Waals surface area contributed by atoms with Crippen LogP contribution in [0.5, 0.6) is 0 Å². The molecule has 0 aromatic carbocycles. The molecule has 3 unspecified atom stereocenters. The molecule has 0 spiro atoms. The second-order valence-electron chi connectivity index (χ2n) is 5.82. The molecule has 2 rings (SSSR count). The van der Waals surface area contributed by atoms with Crippen molar-refractivity contribution < 1.29 is 13.2 Å². The molecule has 124 valence electrons. The maximum absolute atomic E-state index is 12.5. The first-order valence-electron chi connectivity index (χ1n) is 7.41. The van der Waals surface area contributed by atoms with Gasteiger partial charge in [0.25, 0.3) is 10.0 Å². The lowest BCUT2D eigenvalue weighted by molar-refractivity contribution is -0.134. The van der Waals surface area contributed by atoms with Gasteiger partial charge in [0, 0.05) is 19.1 Å². The van der Waals surface area contributed by atoms with E-state index in [9.17, 15) is 13.2 Å². The number of carbonyl (C=O) groups is 1. The van der Waals surface area contributed by atoms with Gasteiger partial charge < -0.3 is 10.6 Å². The van der Waals surface area contributed by atoms with E-state index in [4.69, 9.17) is 5.73 Å². The molecule has 1 saturated heterocycles. The van der Waals surface area contributed by atoms with E-state index in [-0.39, 0.29) is 22.1 Å². The van der Waals surface area contributed by atoms with Crippen molar-refractivity contribution >= 4 is 27.3 Å². The Labute approximate surface area is 135 Å². The van der Waals surface area contributed by atoms with Crippen LogP contribution in [0.25, 0.3) is 0 Å². The first-order valence-corrected chi connectivity index (χ1v) is 9.77. The zero-order chi connectivity index (χ0) is 16.3. The Morgan fingerprint density at radius 2 is 2.23 bits per heavy atom. The Kier molecular flexibility index (Phi) is 5.60. The van der Waals surface area contributed by atoms with Crippen LogP contribution in [0.4, 0.5) is 0 Å². The number of carbonyl (C=O) groups excluding carboxylic acids is 1. The van der Waals surface area contributed by atoms with Crippen molar-refractivity contribution in [1.82, 2.24) is 9.62 Å². The van der Waals surface area contributed by atoms with Crippen molar-refractivity contribution in [3.8, 4) is 0 Å². The van der Waals surface area contributed by atoms with Crippen LogP contribution in [0.15, 0.2) is 21.7 Å². The molecule has 0 saturated carbocycles. The lowest BCUT2D eigenvalue weighted by Gasteiger charge is -2.36. The van der Waals surface area contributed by atoms with Gasteiger partial charge in [0.05, 0.1) is 6.04 Å². The van der Waals surface area contributed by atoms with Crippen LogP contribution in [0.3, 0.4) is 0 Å². The Morgan fingerprint density at radius 1 is 1.50 bits per heavy atom. The number of rotatable bonds is 5. The highest BCUT2D eigenvalue weighted by Gasteiger charge is 2.30. The van der Waals surface area contributed by atoms with E-state index in [1.165, 1.54) is 6.07 Å². The monoisotopic (exact) mass is 345 g/mol. The van der Waals surface area contributed by atoms with Crippen LogP contribution in [0.1, 0.15) is 26.7 Å². The summed E-state index contributed by atoms with van der Waals surface area (Å²) >= 11 is 1.13. The molecule has 22 heavy (non-hydrogen) atoms. The summed E-state index contributed by atoms with van der Waals surface area (Å²) in [5, 5.41) is 1.69. The number of nitrogens with zero attached hydrogens (tertiary/aromatic N) is 1. The minimum absolute atomic E-state index is 0.0358. The summed E-state index contributed by atoms with van der Waals surface area (Å²) < 4.78 is 27.0. The Bertz CT molecular complexity index is 599. The zero-order valence-electron chi connectivity index (χ0n) is 12.9. The van der Waals surface area contributed by atoms with Crippen molar-refractivity contribution in [3.63, 3.8) is 0 Å². The van der Waals surface area contributed by atoms with Crippen molar-refractivity contribution in [2.75, 3.05) is 13.1 Å². The Balaban J connectivity index is 2.00. The third kappa shape index (κ3) is 4.07. The summed E-state index contributed by atoms with van der Waals surface area (Å²) in [5.74, 6) is 0.0873. The number of likely N-dealkylation sites (tertiary alicyclic amines) is 1. The fourth-order valence-electron chi connectivity index (χ4n) is 2.67. The van der Waals surface area contributed by atoms with Crippen molar-refractivity contribution in [1.29, 1.82) is 0 Å². The summed E-state index contributed by atoms with van der Waals surface area (Å²) in [6, 6.07) is 2.45. The van der Waals surface area contributed by atoms with Crippen molar-refractivity contribution in [3.05, 3.63) is 17.5 Å². The number of amides is 1. The average Bonchev–Trinajstić information content (AvgIpc) is 3.01. The van der Waals surface area contributed by atoms with Gasteiger partial charge in [-0.3, -0.25) is 4.79 Å². The molecule has 3 atom stereocenters. The Morgan fingerprint density at radius 3 is 2.82 bits per heavy atom. The van der Waals surface area contributed by atoms with Gasteiger partial charge >= 0.3 is 0 Å². The smallest absolute Gasteiger partial charge is 0.250 e. The average molecular weight is 345 g/mol. The molecule has 1 aromatic heterocycles. The molecule has 8 heteroatoms. The van der Waals surface area contributed by atoms with Gasteiger partial charge in [-0.25, -0.2) is 8.42 Å². The van der Waals surface area contributed by atoms with Crippen LogP contribution in [0.2, 0.25) is 0 Å². The topological polar surface area (TPSA) is 92.5 Å². The van der Waals surface area contributed by atoms with Gasteiger partial charge in [-0.1, -0.05) is 6.07 Å². The van der Waals surface area contributed by atoms with E-state index in [0.717, 1.165) is 24.2 Å². The minimum Gasteiger partial charge on any atom is -0.341 e. The van der Waals surface area contributed by atoms with Gasteiger partial charge in [0.2, 0.25) is 5.91 Å². The van der Waals surface area contributed by atoms with E-state index in [1.54, 1.807) is 23.3 Å². The minimum atomic E-state index is -3.63. The van der Waals surface area contributed by atoms with Gasteiger partial charge in [-0.2, -0.15) is 4.72 Å². The second-order valence-corrected chi connectivity index (χ2v) is 8.71. The molecule has 3 N–H and O–H groups in total. The summed E-state index contributed by atoms with van der Waals surface area (Å²) in [7, 11) is -3.63. The number of sulfonamides is 1. The molecule has 1 amide bonds. The number of hydrogen-bond donors (Lipinski definition) is 2. The Hall–Kier alpha value is -0.960. The largest absolute Gasteiger partial charge is 0.341 e. The van der Waals surface area contributed by atoms with Gasteiger partial charge in [-0.05, 0) is 44.1 Å². The highest BCUT2D eigenvalue weighted by atomic mass is 32.2. The van der Waals surface area contributed by atoms with E-state index in [2.05, 4.69) is 4.72 Å². The van der Waals surface area contributed by atoms with Crippen molar-refractivity contribution in [2.45, 2.75) is 43.0 Å². The van der Waals surface area contributed by atoms with Crippen LogP contribution >= 0.6 is 11.3 Å². The zero-order valence-corrected chi connectivity index (χ0v) is 14.5. The quantitative estimate of drug-likeness (QED) is 0.833. The number of piperidine rings is 1. The SMILES string of the molecule is CC(NS(=O)(=O)c1cccs1)C(=O)N1CCCC(C(C)N)C1. The molecule has 1 aliphatic rings. The molecule has 0 aliphatic carbocycles. The maximum Gasteiger partial charge on any atom is 0.250 e. The highest BCUT2D eigenvalue weighted by molar-refractivity contribution is 7.91. The molecule has 6 nitrogen and oxygen atoms in total. The van der Waals surface area contributed by atoms with Crippen LogP contribution in [-0.2, 0) is 14.8 Å². The third-order valence-electron chi connectivity index (χ3n) is 3.98. The number of hydrogen-bond acceptors (Lipinski definition) is 5. The summed E-state index contributed by atoms with van der Waals surface area (Å²) in [4.78, 5) is 14.2. The number of nitrogens with two attached hydrogens (primary N) is 1. The molecular weight excluding hydrogens is 322 g/mol. The third-order valence-corrected chi connectivity index (χ3v) is 6.91. The molecular formula is C14H23N3O3S2. The molecule has 1 aromatic rings. The van der Waals surface area contributed by atoms with E-state index in [0.29, 0.717) is 13.1 Å². The first-order chi connectivity index (χ1) is 10.3. The van der Waals surface area contributed by atoms with E-state index < -0.39 is 16.1 Å². The summed E-state index contributed by atoms with van der Waals surface area (Å²) in [5.41, 5.74) is 5.92. The summed E-state index contributed by atoms with van der Waals surface area (Å²) in [6.45, 7) is 4.79. The van der Waals surface area contributed by atoms with E-state index >= 15 is 0 Å². The maximum atomic E-state index is 12.5. The van der Waals surface area contributed by atoms with Gasteiger partial charge in [0.1, 0.15) is 4.21 Å². The fraction of sp³-hybridized carbons (Fsp3) is 0.643. The van der Waals surface area contributed by atoms with E-state index in [1.807, 2.05) is 6.92 Å². The van der Waals surface area contributed by atoms with Crippen LogP contribution < -0.4 is 10.5 Å². The van der Waals surface area contributed by atoms with Crippen molar-refractivity contribution in [2.24, 2.45) is 11.7 Å². The fourth-order valence-corrected chi connectivity index (χ4v) is 4.88. The lowest BCUT2D eigenvalue weighted by Crippen LogP contribution is -2.51. The molecule has 0 bridgehead atoms. The number of nitrogens with one attached hydrogen (secondary N) is 1. The number of thiophene rings is 1. The second kappa shape index (κ2) is 7.08. The first kappa shape index (κ1) is 17.4. The van der Waals surface area contributed by atoms with Crippen LogP contribution in [0, 0.1) is 5.92 Å². The lowest BCUT2D eigenvalue weighted by atomic mass is 9.92. The predicted molar refractivity (Wildman–Crippen MR) is 87.1 cm³/mol. The predicted octanol–water partition coefficient (Wildman–Crippen LogP) is 1.00. The van der Waals surface area contributed by atoms with Gasteiger partial charge in [0.15, 0.2) is 0 Å². The normalized spacial score (nSPS) is 22.3. The standard InChI is InChI=1S/C14H23N3O3S2/c1-10(15)12-5-3-7-17(9-12)14(18)11(2)16-22(19,20)13-6-4-8-21-13/h4,6,8,10-12,16H,3,5,7,9,15H2,1-2H3.